The van der Waals surface area contributed by atoms with E-state index in [9.17, 15) is 14.7 Å². The van der Waals surface area contributed by atoms with Crippen molar-refractivity contribution in [1.29, 1.82) is 0 Å². The first-order valence-electron chi connectivity index (χ1n) is 5.43. The van der Waals surface area contributed by atoms with Gasteiger partial charge in [0.25, 0.3) is 0 Å². The van der Waals surface area contributed by atoms with Crippen molar-refractivity contribution in [2.75, 3.05) is 11.9 Å². The van der Waals surface area contributed by atoms with Crippen LogP contribution >= 0.6 is 0 Å². The number of imide groups is 1. The van der Waals surface area contributed by atoms with E-state index in [4.69, 9.17) is 0 Å². The lowest BCUT2D eigenvalue weighted by molar-refractivity contribution is -0.119. The van der Waals surface area contributed by atoms with E-state index in [0.717, 1.165) is 5.56 Å². The monoisotopic (exact) mass is 235 g/mol. The molecule has 5 heteroatoms. The minimum absolute atomic E-state index is 0.155. The van der Waals surface area contributed by atoms with E-state index in [1.165, 1.54) is 0 Å². The number of nitrogens with one attached hydrogen (secondary N) is 2. The molecule has 0 aromatic heterocycles. The molecule has 0 unspecified atom stereocenters. The molecule has 1 radical (unpaired) electrons. The maximum Gasteiger partial charge on any atom is 0.325 e. The van der Waals surface area contributed by atoms with Gasteiger partial charge in [0.2, 0.25) is 5.91 Å². The minimum atomic E-state index is -0.548. The molecule has 2 N–H and O–H groups in total. The van der Waals surface area contributed by atoms with Gasteiger partial charge in [-0.2, -0.15) is 0 Å². The second kappa shape index (κ2) is 6.65. The molecule has 0 fully saturated rings. The number of rotatable bonds is 4. The van der Waals surface area contributed by atoms with Crippen LogP contribution in [0.1, 0.15) is 18.9 Å². The number of urea groups is 1. The van der Waals surface area contributed by atoms with Gasteiger partial charge in [-0.05, 0) is 24.1 Å². The summed E-state index contributed by atoms with van der Waals surface area (Å²) in [7, 11) is 0. The molecule has 0 heterocycles. The van der Waals surface area contributed by atoms with Crippen molar-refractivity contribution in [2.24, 2.45) is 0 Å². The molecule has 0 bridgehead atoms. The normalized spacial score (nSPS) is 9.76. The molecule has 0 spiro atoms. The number of anilines is 1. The highest BCUT2D eigenvalue weighted by Crippen LogP contribution is 2.09. The fourth-order valence-electron chi connectivity index (χ4n) is 1.25. The Labute approximate surface area is 99.8 Å². The maximum atomic E-state index is 11.3. The predicted molar refractivity (Wildman–Crippen MR) is 63.2 cm³/mol. The zero-order valence-electron chi connectivity index (χ0n) is 9.66. The number of amides is 3. The fraction of sp³-hybridized carbons (Fsp3) is 0.333. The summed E-state index contributed by atoms with van der Waals surface area (Å²) in [6.07, 6.45) is 0.733. The molecule has 3 amide bonds. The van der Waals surface area contributed by atoms with Crippen LogP contribution in [0.3, 0.4) is 0 Å². The fourth-order valence-corrected chi connectivity index (χ4v) is 1.25. The van der Waals surface area contributed by atoms with Crippen molar-refractivity contribution in [2.45, 2.75) is 19.8 Å². The zero-order chi connectivity index (χ0) is 12.7. The van der Waals surface area contributed by atoms with E-state index in [0.29, 0.717) is 12.1 Å². The van der Waals surface area contributed by atoms with Crippen molar-refractivity contribution in [1.82, 2.24) is 5.32 Å². The predicted octanol–water partition coefficient (Wildman–Crippen LogP) is 1.72. The van der Waals surface area contributed by atoms with Crippen LogP contribution in [0.2, 0.25) is 0 Å². The number of benzene rings is 1. The standard InChI is InChI=1S/C12H15N2O3/c1-2-11(16)14-12(17)13-10-5-3-9(4-6-10)7-8-15/h3-6H,2,7-8H2,1H3,(H2,13,14,16,17). The van der Waals surface area contributed by atoms with Gasteiger partial charge in [-0.15, -0.1) is 0 Å². The largest absolute Gasteiger partial charge is 0.325 e. The summed E-state index contributed by atoms with van der Waals surface area (Å²) >= 11 is 0. The molecular weight excluding hydrogens is 220 g/mol. The summed E-state index contributed by atoms with van der Waals surface area (Å²) < 4.78 is 0. The molecule has 0 aliphatic heterocycles. The summed E-state index contributed by atoms with van der Waals surface area (Å²) in [5, 5.41) is 15.1. The Bertz CT molecular complexity index is 387. The van der Waals surface area contributed by atoms with Gasteiger partial charge in [-0.1, -0.05) is 19.1 Å². The summed E-state index contributed by atoms with van der Waals surface area (Å²) in [5.74, 6) is -0.328. The molecule has 5 nitrogen and oxygen atoms in total. The summed E-state index contributed by atoms with van der Waals surface area (Å²) in [6, 6.07) is 6.39. The zero-order valence-corrected chi connectivity index (χ0v) is 9.66. The first-order chi connectivity index (χ1) is 8.15. The van der Waals surface area contributed by atoms with Gasteiger partial charge in [0.1, 0.15) is 0 Å². The molecular formula is C12H15N2O3. The smallest absolute Gasteiger partial charge is 0.308 e. The van der Waals surface area contributed by atoms with Crippen LogP contribution in [0, 0.1) is 0 Å². The average molecular weight is 235 g/mol. The van der Waals surface area contributed by atoms with E-state index in [1.54, 1.807) is 31.2 Å². The van der Waals surface area contributed by atoms with Crippen LogP contribution in [-0.4, -0.2) is 18.5 Å². The van der Waals surface area contributed by atoms with Gasteiger partial charge in [0.05, 0.1) is 6.61 Å². The van der Waals surface area contributed by atoms with Crippen molar-refractivity contribution in [3.63, 3.8) is 0 Å². The average Bonchev–Trinajstić information content (AvgIpc) is 2.31. The van der Waals surface area contributed by atoms with Crippen LogP contribution in [0.15, 0.2) is 24.3 Å². The first-order valence-corrected chi connectivity index (χ1v) is 5.43. The van der Waals surface area contributed by atoms with E-state index < -0.39 is 6.03 Å². The van der Waals surface area contributed by atoms with E-state index in [1.807, 2.05) is 0 Å². The SMILES string of the molecule is CCC(=O)NC(=O)Nc1ccc(CC[O])cc1. The van der Waals surface area contributed by atoms with Gasteiger partial charge in [-0.3, -0.25) is 10.1 Å². The van der Waals surface area contributed by atoms with Gasteiger partial charge in [0.15, 0.2) is 0 Å². The number of carbonyl (C=O) groups excluding carboxylic acids is 2. The third kappa shape index (κ3) is 4.65. The van der Waals surface area contributed by atoms with Crippen molar-refractivity contribution in [3.05, 3.63) is 29.8 Å². The molecule has 91 valence electrons. The highest BCUT2D eigenvalue weighted by atomic mass is 16.3. The summed E-state index contributed by atoms with van der Waals surface area (Å²) in [6.45, 7) is 1.51. The van der Waals surface area contributed by atoms with Gasteiger partial charge in [-0.25, -0.2) is 9.90 Å². The molecule has 0 saturated carbocycles. The molecule has 1 aromatic carbocycles. The van der Waals surface area contributed by atoms with Crippen LogP contribution in [-0.2, 0) is 16.3 Å². The number of hydrogen-bond donors (Lipinski definition) is 2. The van der Waals surface area contributed by atoms with Crippen LogP contribution < -0.4 is 10.6 Å². The van der Waals surface area contributed by atoms with E-state index in [2.05, 4.69) is 10.6 Å². The molecule has 0 atom stereocenters. The maximum absolute atomic E-state index is 11.3. The molecule has 0 aliphatic carbocycles. The minimum Gasteiger partial charge on any atom is -0.308 e. The second-order valence-electron chi connectivity index (χ2n) is 3.51. The molecule has 0 saturated heterocycles. The molecule has 1 aromatic rings. The molecule has 0 aliphatic rings. The Morgan fingerprint density at radius 2 is 1.82 bits per heavy atom. The topological polar surface area (TPSA) is 78.1 Å². The third-order valence-electron chi connectivity index (χ3n) is 2.18. The Hall–Kier alpha value is -1.88. The van der Waals surface area contributed by atoms with E-state index >= 15 is 0 Å². The number of carbonyl (C=O) groups is 2. The Balaban J connectivity index is 2.51. The summed E-state index contributed by atoms with van der Waals surface area (Å²) in [5.41, 5.74) is 1.51. The van der Waals surface area contributed by atoms with Gasteiger partial charge >= 0.3 is 6.03 Å². The third-order valence-corrected chi connectivity index (χ3v) is 2.18. The van der Waals surface area contributed by atoms with Crippen molar-refractivity contribution < 1.29 is 14.7 Å². The quantitative estimate of drug-likeness (QED) is 0.833. The Morgan fingerprint density at radius 1 is 1.18 bits per heavy atom. The summed E-state index contributed by atoms with van der Waals surface area (Å²) in [4.78, 5) is 22.2. The number of hydrogen-bond acceptors (Lipinski definition) is 2. The lowest BCUT2D eigenvalue weighted by Crippen LogP contribution is -2.33. The molecule has 1 rings (SSSR count). The van der Waals surface area contributed by atoms with Crippen LogP contribution in [0.5, 0.6) is 0 Å². The molecule has 17 heavy (non-hydrogen) atoms. The van der Waals surface area contributed by atoms with E-state index in [-0.39, 0.29) is 18.9 Å². The van der Waals surface area contributed by atoms with Gasteiger partial charge < -0.3 is 5.32 Å². The highest BCUT2D eigenvalue weighted by molar-refractivity contribution is 6.00. The Kier molecular flexibility index (Phi) is 5.16. The van der Waals surface area contributed by atoms with Crippen molar-refractivity contribution >= 4 is 17.6 Å². The van der Waals surface area contributed by atoms with Crippen LogP contribution in [0.25, 0.3) is 0 Å². The van der Waals surface area contributed by atoms with Crippen molar-refractivity contribution in [3.8, 4) is 0 Å². The highest BCUT2D eigenvalue weighted by Gasteiger charge is 2.05. The lowest BCUT2D eigenvalue weighted by atomic mass is 10.1. The second-order valence-corrected chi connectivity index (χ2v) is 3.51. The lowest BCUT2D eigenvalue weighted by Gasteiger charge is -2.06. The first kappa shape index (κ1) is 13.2. The van der Waals surface area contributed by atoms with Gasteiger partial charge in [0, 0.05) is 12.1 Å². The van der Waals surface area contributed by atoms with Crippen LogP contribution in [0.4, 0.5) is 10.5 Å². The Morgan fingerprint density at radius 3 is 2.35 bits per heavy atom.